The summed E-state index contributed by atoms with van der Waals surface area (Å²) < 4.78 is 5.07. The number of amides is 1. The summed E-state index contributed by atoms with van der Waals surface area (Å²) in [6.07, 6.45) is 2.14. The number of carbonyl (C=O) groups excluding carboxylic acids is 1. The second kappa shape index (κ2) is 4.31. The highest BCUT2D eigenvalue weighted by Gasteiger charge is 2.11. The van der Waals surface area contributed by atoms with Crippen molar-refractivity contribution in [1.29, 1.82) is 5.26 Å². The molecule has 0 aliphatic carbocycles. The maximum atomic E-state index is 11.3. The molecule has 1 aromatic rings. The van der Waals surface area contributed by atoms with Crippen LogP contribution in [0.25, 0.3) is 0 Å². The van der Waals surface area contributed by atoms with Crippen molar-refractivity contribution in [2.45, 2.75) is 13.3 Å². The van der Waals surface area contributed by atoms with Gasteiger partial charge in [-0.15, -0.1) is 0 Å². The van der Waals surface area contributed by atoms with Gasteiger partial charge in [-0.05, 0) is 6.07 Å². The summed E-state index contributed by atoms with van der Waals surface area (Å²) in [4.78, 5) is 11.3. The molecule has 0 atom stereocenters. The van der Waals surface area contributed by atoms with E-state index in [9.17, 15) is 4.79 Å². The third-order valence-corrected chi connectivity index (χ3v) is 1.64. The lowest BCUT2D eigenvalue weighted by Crippen LogP contribution is -2.23. The van der Waals surface area contributed by atoms with Crippen LogP contribution in [0, 0.1) is 11.3 Å². The number of nitrogens with one attached hydrogen (secondary N) is 1. The van der Waals surface area contributed by atoms with Crippen LogP contribution >= 0.6 is 0 Å². The fourth-order valence-corrected chi connectivity index (χ4v) is 1.03. The molecule has 0 radical (unpaired) electrons. The van der Waals surface area contributed by atoms with Crippen LogP contribution in [0.15, 0.2) is 16.7 Å². The number of aryl methyl sites for hydroxylation is 1. The van der Waals surface area contributed by atoms with Crippen LogP contribution in [-0.2, 0) is 6.42 Å². The number of nitrogens with zero attached hydrogens (tertiary/aromatic N) is 1. The fraction of sp³-hybridized carbons (Fsp3) is 0.333. The molecule has 0 fully saturated rings. The molecule has 0 aliphatic heterocycles. The maximum absolute atomic E-state index is 11.3. The summed E-state index contributed by atoms with van der Waals surface area (Å²) in [6, 6.07) is 3.44. The third-order valence-electron chi connectivity index (χ3n) is 1.64. The van der Waals surface area contributed by atoms with Gasteiger partial charge in [0.05, 0.1) is 17.9 Å². The topological polar surface area (TPSA) is 66.0 Å². The SMILES string of the molecule is CCc1occc1C(=O)NCC#N. The highest BCUT2D eigenvalue weighted by atomic mass is 16.3. The summed E-state index contributed by atoms with van der Waals surface area (Å²) in [7, 11) is 0. The van der Waals surface area contributed by atoms with Crippen LogP contribution in [-0.4, -0.2) is 12.5 Å². The van der Waals surface area contributed by atoms with Crippen molar-refractivity contribution >= 4 is 5.91 Å². The number of nitriles is 1. The van der Waals surface area contributed by atoms with Crippen molar-refractivity contribution in [3.8, 4) is 6.07 Å². The van der Waals surface area contributed by atoms with Gasteiger partial charge in [0, 0.05) is 6.42 Å². The molecule has 68 valence electrons. The molecule has 4 nitrogen and oxygen atoms in total. The van der Waals surface area contributed by atoms with Crippen molar-refractivity contribution in [2.24, 2.45) is 0 Å². The molecule has 1 aromatic heterocycles. The van der Waals surface area contributed by atoms with Crippen LogP contribution in [0.1, 0.15) is 23.0 Å². The first-order chi connectivity index (χ1) is 6.29. The molecular formula is C9H10N2O2. The van der Waals surface area contributed by atoms with Gasteiger partial charge in [0.2, 0.25) is 0 Å². The first kappa shape index (κ1) is 9.33. The Balaban J connectivity index is 2.71. The molecule has 0 aromatic carbocycles. The minimum absolute atomic E-state index is 0.0210. The highest BCUT2D eigenvalue weighted by Crippen LogP contribution is 2.10. The molecule has 4 heteroatoms. The second-order valence-electron chi connectivity index (χ2n) is 2.45. The van der Waals surface area contributed by atoms with Crippen molar-refractivity contribution in [1.82, 2.24) is 5.32 Å². The van der Waals surface area contributed by atoms with E-state index >= 15 is 0 Å². The smallest absolute Gasteiger partial charge is 0.255 e. The lowest BCUT2D eigenvalue weighted by Gasteiger charge is -1.98. The molecule has 0 saturated heterocycles. The predicted octanol–water partition coefficient (Wildman–Crippen LogP) is 1.10. The van der Waals surface area contributed by atoms with Crippen LogP contribution < -0.4 is 5.32 Å². The minimum Gasteiger partial charge on any atom is -0.469 e. The Morgan fingerprint density at radius 2 is 2.54 bits per heavy atom. The predicted molar refractivity (Wildman–Crippen MR) is 46.0 cm³/mol. The molecule has 0 saturated carbocycles. The van der Waals surface area contributed by atoms with Crippen LogP contribution in [0.3, 0.4) is 0 Å². The largest absolute Gasteiger partial charge is 0.469 e. The number of hydrogen-bond acceptors (Lipinski definition) is 3. The first-order valence-electron chi connectivity index (χ1n) is 4.01. The summed E-state index contributed by atoms with van der Waals surface area (Å²) in [5.74, 6) is 0.391. The van der Waals surface area contributed by atoms with Gasteiger partial charge in [0.15, 0.2) is 0 Å². The van der Waals surface area contributed by atoms with Gasteiger partial charge in [-0.3, -0.25) is 4.79 Å². The van der Waals surface area contributed by atoms with Crippen LogP contribution in [0.2, 0.25) is 0 Å². The summed E-state index contributed by atoms with van der Waals surface area (Å²) >= 11 is 0. The first-order valence-corrected chi connectivity index (χ1v) is 4.01. The Labute approximate surface area is 76.2 Å². The quantitative estimate of drug-likeness (QED) is 0.704. The van der Waals surface area contributed by atoms with E-state index in [1.807, 2.05) is 13.0 Å². The monoisotopic (exact) mass is 178 g/mol. The van der Waals surface area contributed by atoms with E-state index in [0.29, 0.717) is 17.7 Å². The van der Waals surface area contributed by atoms with Gasteiger partial charge in [-0.25, -0.2) is 0 Å². The highest BCUT2D eigenvalue weighted by molar-refractivity contribution is 5.95. The minimum atomic E-state index is -0.257. The summed E-state index contributed by atoms with van der Waals surface area (Å²) in [6.45, 7) is 1.92. The second-order valence-corrected chi connectivity index (χ2v) is 2.45. The van der Waals surface area contributed by atoms with Crippen molar-refractivity contribution < 1.29 is 9.21 Å². The van der Waals surface area contributed by atoms with Crippen molar-refractivity contribution in [2.75, 3.05) is 6.54 Å². The van der Waals surface area contributed by atoms with E-state index in [1.54, 1.807) is 6.07 Å². The van der Waals surface area contributed by atoms with Gasteiger partial charge in [-0.2, -0.15) is 5.26 Å². The molecule has 0 spiro atoms. The lowest BCUT2D eigenvalue weighted by atomic mass is 10.2. The average Bonchev–Trinajstić information content (AvgIpc) is 2.61. The van der Waals surface area contributed by atoms with E-state index < -0.39 is 0 Å². The Morgan fingerprint density at radius 1 is 1.77 bits per heavy atom. The van der Waals surface area contributed by atoms with Crippen LogP contribution in [0.5, 0.6) is 0 Å². The fourth-order valence-electron chi connectivity index (χ4n) is 1.03. The summed E-state index contributed by atoms with van der Waals surface area (Å²) in [5, 5.41) is 10.7. The Hall–Kier alpha value is -1.76. The molecule has 0 bridgehead atoms. The van der Waals surface area contributed by atoms with Gasteiger partial charge in [0.1, 0.15) is 12.3 Å². The molecular weight excluding hydrogens is 168 g/mol. The molecule has 1 N–H and O–H groups in total. The zero-order chi connectivity index (χ0) is 9.68. The molecule has 0 unspecified atom stereocenters. The van der Waals surface area contributed by atoms with Gasteiger partial charge in [0.25, 0.3) is 5.91 Å². The van der Waals surface area contributed by atoms with Crippen molar-refractivity contribution in [3.05, 3.63) is 23.7 Å². The van der Waals surface area contributed by atoms with Crippen LogP contribution in [0.4, 0.5) is 0 Å². The molecule has 1 rings (SSSR count). The van der Waals surface area contributed by atoms with E-state index in [-0.39, 0.29) is 12.5 Å². The zero-order valence-corrected chi connectivity index (χ0v) is 7.33. The molecule has 13 heavy (non-hydrogen) atoms. The lowest BCUT2D eigenvalue weighted by molar-refractivity contribution is 0.0956. The molecule has 1 amide bonds. The van der Waals surface area contributed by atoms with E-state index in [2.05, 4.69) is 5.32 Å². The number of furan rings is 1. The number of hydrogen-bond donors (Lipinski definition) is 1. The van der Waals surface area contributed by atoms with E-state index in [0.717, 1.165) is 0 Å². The Bertz CT molecular complexity index is 336. The molecule has 1 heterocycles. The third kappa shape index (κ3) is 2.09. The van der Waals surface area contributed by atoms with E-state index in [1.165, 1.54) is 6.26 Å². The Morgan fingerprint density at radius 3 is 3.15 bits per heavy atom. The Kier molecular flexibility index (Phi) is 3.09. The van der Waals surface area contributed by atoms with Gasteiger partial charge < -0.3 is 9.73 Å². The number of carbonyl (C=O) groups is 1. The number of rotatable bonds is 3. The van der Waals surface area contributed by atoms with Crippen molar-refractivity contribution in [3.63, 3.8) is 0 Å². The standard InChI is InChI=1S/C9H10N2O2/c1-2-8-7(3-6-13-8)9(12)11-5-4-10/h3,6H,2,5H2,1H3,(H,11,12). The van der Waals surface area contributed by atoms with Gasteiger partial charge >= 0.3 is 0 Å². The zero-order valence-electron chi connectivity index (χ0n) is 7.33. The average molecular weight is 178 g/mol. The van der Waals surface area contributed by atoms with Gasteiger partial charge in [-0.1, -0.05) is 6.92 Å². The normalized spacial score (nSPS) is 9.23. The van der Waals surface area contributed by atoms with E-state index in [4.69, 9.17) is 9.68 Å². The summed E-state index contributed by atoms with van der Waals surface area (Å²) in [5.41, 5.74) is 0.512. The maximum Gasteiger partial charge on any atom is 0.255 e. The molecule has 0 aliphatic rings.